The van der Waals surface area contributed by atoms with E-state index in [-0.39, 0.29) is 24.5 Å². The maximum atomic E-state index is 12.9. The van der Waals surface area contributed by atoms with Crippen LogP contribution in [0.4, 0.5) is 4.39 Å². The van der Waals surface area contributed by atoms with E-state index < -0.39 is 23.7 Å². The number of carbonyl (C=O) groups excluding carboxylic acids is 1. The van der Waals surface area contributed by atoms with E-state index >= 15 is 0 Å². The van der Waals surface area contributed by atoms with Crippen molar-refractivity contribution in [3.8, 4) is 6.07 Å². The number of hydrogen-bond donors (Lipinski definition) is 0. The molecule has 1 aromatic heterocycles. The first-order valence-corrected chi connectivity index (χ1v) is 7.60. The summed E-state index contributed by atoms with van der Waals surface area (Å²) in [4.78, 5) is 38.1. The van der Waals surface area contributed by atoms with E-state index in [0.717, 1.165) is 4.57 Å². The molecule has 0 aliphatic carbocycles. The van der Waals surface area contributed by atoms with Crippen molar-refractivity contribution in [2.45, 2.75) is 26.6 Å². The monoisotopic (exact) mass is 344 g/mol. The fourth-order valence-corrected chi connectivity index (χ4v) is 2.30. The molecule has 0 unspecified atom stereocenters. The van der Waals surface area contributed by atoms with Gasteiger partial charge in [0.1, 0.15) is 24.0 Å². The van der Waals surface area contributed by atoms with E-state index in [4.69, 9.17) is 5.26 Å². The molecule has 0 saturated carbocycles. The first-order chi connectivity index (χ1) is 11.9. The molecule has 0 saturated heterocycles. The molecule has 7 nitrogen and oxygen atoms in total. The minimum absolute atomic E-state index is 0.199. The molecule has 0 atom stereocenters. The zero-order valence-corrected chi connectivity index (χ0v) is 13.9. The summed E-state index contributed by atoms with van der Waals surface area (Å²) in [6.45, 7) is 1.70. The topological polar surface area (TPSA) is 88.1 Å². The molecular weight excluding hydrogens is 327 g/mol. The lowest BCUT2D eigenvalue weighted by Gasteiger charge is -2.18. The molecule has 0 spiro atoms. The molecule has 0 N–H and O–H groups in total. The summed E-state index contributed by atoms with van der Waals surface area (Å²) in [6, 6.07) is 7.40. The van der Waals surface area contributed by atoms with Gasteiger partial charge in [0.25, 0.3) is 5.56 Å². The molecule has 8 heteroatoms. The van der Waals surface area contributed by atoms with Crippen molar-refractivity contribution in [2.75, 3.05) is 7.05 Å². The molecule has 1 aromatic carbocycles. The average Bonchev–Trinajstić information content (AvgIpc) is 2.60. The lowest BCUT2D eigenvalue weighted by molar-refractivity contribution is -0.131. The van der Waals surface area contributed by atoms with Gasteiger partial charge < -0.3 is 4.90 Å². The van der Waals surface area contributed by atoms with Gasteiger partial charge in [-0.2, -0.15) is 5.26 Å². The van der Waals surface area contributed by atoms with Crippen molar-refractivity contribution in [3.05, 3.63) is 68.2 Å². The van der Waals surface area contributed by atoms with Crippen LogP contribution in [0.5, 0.6) is 0 Å². The Kier molecular flexibility index (Phi) is 5.49. The van der Waals surface area contributed by atoms with Gasteiger partial charge in [-0.25, -0.2) is 13.8 Å². The summed E-state index contributed by atoms with van der Waals surface area (Å²) in [5.74, 6) is -0.848. The average molecular weight is 344 g/mol. The Morgan fingerprint density at radius 1 is 1.28 bits per heavy atom. The van der Waals surface area contributed by atoms with Crippen LogP contribution in [-0.4, -0.2) is 27.0 Å². The summed E-state index contributed by atoms with van der Waals surface area (Å²) in [7, 11) is 1.52. The molecule has 1 heterocycles. The number of hydrogen-bond acceptors (Lipinski definition) is 4. The van der Waals surface area contributed by atoms with Crippen LogP contribution in [0.15, 0.2) is 40.1 Å². The van der Waals surface area contributed by atoms with Gasteiger partial charge in [0.2, 0.25) is 5.91 Å². The van der Waals surface area contributed by atoms with Gasteiger partial charge >= 0.3 is 5.69 Å². The number of aryl methyl sites for hydroxylation is 1. The number of rotatable bonds is 5. The number of aromatic nitrogens is 2. The van der Waals surface area contributed by atoms with Crippen LogP contribution in [0.1, 0.15) is 18.1 Å². The number of amides is 1. The molecule has 0 bridgehead atoms. The van der Waals surface area contributed by atoms with E-state index in [1.165, 1.54) is 34.8 Å². The van der Waals surface area contributed by atoms with Crippen molar-refractivity contribution >= 4 is 5.91 Å². The molecule has 2 aromatic rings. The van der Waals surface area contributed by atoms with E-state index in [2.05, 4.69) is 0 Å². The van der Waals surface area contributed by atoms with Crippen molar-refractivity contribution < 1.29 is 9.18 Å². The predicted molar refractivity (Wildman–Crippen MR) is 88.2 cm³/mol. The molecular formula is C17H17FN4O3. The van der Waals surface area contributed by atoms with Crippen molar-refractivity contribution in [1.29, 1.82) is 5.26 Å². The maximum Gasteiger partial charge on any atom is 0.331 e. The van der Waals surface area contributed by atoms with Gasteiger partial charge in [-0.1, -0.05) is 12.1 Å². The second kappa shape index (κ2) is 7.57. The third-order valence-corrected chi connectivity index (χ3v) is 3.75. The summed E-state index contributed by atoms with van der Waals surface area (Å²) < 4.78 is 14.9. The highest BCUT2D eigenvalue weighted by molar-refractivity contribution is 5.75. The number of nitrogens with zero attached hydrogens (tertiary/aromatic N) is 4. The van der Waals surface area contributed by atoms with Crippen LogP contribution in [0, 0.1) is 17.1 Å². The quantitative estimate of drug-likeness (QED) is 0.799. The molecule has 130 valence electrons. The Hall–Kier alpha value is -3.21. The Morgan fingerprint density at radius 3 is 2.48 bits per heavy atom. The third kappa shape index (κ3) is 4.01. The van der Waals surface area contributed by atoms with Gasteiger partial charge in [-0.3, -0.25) is 14.2 Å². The summed E-state index contributed by atoms with van der Waals surface area (Å²) in [5, 5.41) is 9.01. The zero-order chi connectivity index (χ0) is 18.6. The van der Waals surface area contributed by atoms with Gasteiger partial charge in [-0.05, 0) is 24.6 Å². The van der Waals surface area contributed by atoms with E-state index in [1.54, 1.807) is 25.1 Å². The van der Waals surface area contributed by atoms with Crippen LogP contribution >= 0.6 is 0 Å². The van der Waals surface area contributed by atoms with Crippen LogP contribution in [0.25, 0.3) is 0 Å². The lowest BCUT2D eigenvalue weighted by atomic mass is 10.2. The SMILES string of the molecule is CCn1cc(C#N)c(=O)n(CC(=O)N(C)Cc2ccc(F)cc2)c1=O. The fraction of sp³-hybridized carbons (Fsp3) is 0.294. The van der Waals surface area contributed by atoms with E-state index in [9.17, 15) is 18.8 Å². The summed E-state index contributed by atoms with van der Waals surface area (Å²) >= 11 is 0. The summed E-state index contributed by atoms with van der Waals surface area (Å²) in [6.07, 6.45) is 1.19. The van der Waals surface area contributed by atoms with Gasteiger partial charge in [0.15, 0.2) is 0 Å². The van der Waals surface area contributed by atoms with Crippen molar-refractivity contribution in [3.63, 3.8) is 0 Å². The smallest absolute Gasteiger partial charge is 0.331 e. The number of benzene rings is 1. The maximum absolute atomic E-state index is 12.9. The standard InChI is InChI=1S/C17H17FN4O3/c1-3-21-10-13(8-19)16(24)22(17(21)25)11-15(23)20(2)9-12-4-6-14(18)7-5-12/h4-7,10H,3,9,11H2,1-2H3. The molecule has 2 rings (SSSR count). The lowest BCUT2D eigenvalue weighted by Crippen LogP contribution is -2.44. The van der Waals surface area contributed by atoms with Crippen LogP contribution in [0.3, 0.4) is 0 Å². The largest absolute Gasteiger partial charge is 0.340 e. The molecule has 0 aliphatic rings. The first kappa shape index (κ1) is 18.1. The molecule has 1 amide bonds. The number of carbonyl (C=O) groups is 1. The number of likely N-dealkylation sites (N-methyl/N-ethyl adjacent to an activating group) is 1. The molecule has 25 heavy (non-hydrogen) atoms. The molecule has 0 radical (unpaired) electrons. The summed E-state index contributed by atoms with van der Waals surface area (Å²) in [5.41, 5.74) is -0.924. The molecule has 0 aliphatic heterocycles. The fourth-order valence-electron chi connectivity index (χ4n) is 2.30. The van der Waals surface area contributed by atoms with Gasteiger partial charge in [0, 0.05) is 26.3 Å². The Balaban J connectivity index is 2.25. The minimum Gasteiger partial charge on any atom is -0.340 e. The number of halogens is 1. The van der Waals surface area contributed by atoms with E-state index in [0.29, 0.717) is 5.56 Å². The highest BCUT2D eigenvalue weighted by Gasteiger charge is 2.16. The second-order valence-electron chi connectivity index (χ2n) is 5.49. The van der Waals surface area contributed by atoms with E-state index in [1.807, 2.05) is 0 Å². The zero-order valence-electron chi connectivity index (χ0n) is 13.9. The van der Waals surface area contributed by atoms with Gasteiger partial charge in [-0.15, -0.1) is 0 Å². The van der Waals surface area contributed by atoms with Crippen LogP contribution in [-0.2, 0) is 24.4 Å². The molecule has 0 fully saturated rings. The van der Waals surface area contributed by atoms with Crippen LogP contribution < -0.4 is 11.2 Å². The minimum atomic E-state index is -0.791. The highest BCUT2D eigenvalue weighted by atomic mass is 19.1. The normalized spacial score (nSPS) is 10.3. The van der Waals surface area contributed by atoms with Gasteiger partial charge in [0.05, 0.1) is 0 Å². The second-order valence-corrected chi connectivity index (χ2v) is 5.49. The van der Waals surface area contributed by atoms with Crippen molar-refractivity contribution in [2.24, 2.45) is 0 Å². The first-order valence-electron chi connectivity index (χ1n) is 7.60. The highest BCUT2D eigenvalue weighted by Crippen LogP contribution is 2.06. The Morgan fingerprint density at radius 2 is 1.92 bits per heavy atom. The Labute approximate surface area is 143 Å². The predicted octanol–water partition coefficient (Wildman–Crippen LogP) is 0.699. The van der Waals surface area contributed by atoms with Crippen LogP contribution in [0.2, 0.25) is 0 Å². The third-order valence-electron chi connectivity index (χ3n) is 3.75. The number of nitriles is 1. The Bertz CT molecular complexity index is 938. The van der Waals surface area contributed by atoms with Crippen molar-refractivity contribution in [1.82, 2.24) is 14.0 Å².